The molecule has 108 valence electrons. The monoisotopic (exact) mass is 321 g/mol. The van der Waals surface area contributed by atoms with Crippen molar-refractivity contribution < 1.29 is 21.6 Å². The zero-order chi connectivity index (χ0) is 14.8. The molecule has 0 aliphatic rings. The predicted octanol–water partition coefficient (Wildman–Crippen LogP) is 3.25. The molecule has 1 heterocycles. The van der Waals surface area contributed by atoms with Crippen molar-refractivity contribution in [1.82, 2.24) is 4.72 Å². The van der Waals surface area contributed by atoms with Gasteiger partial charge in [0.05, 0.1) is 5.56 Å². The highest BCUT2D eigenvalue weighted by molar-refractivity contribution is 7.91. The van der Waals surface area contributed by atoms with Gasteiger partial charge in [0.1, 0.15) is 4.21 Å². The standard InChI is InChI=1S/C12H10F3NO2S2/c13-12(14,15)10-5-3-9(4-6-10)8-16-20(17,18)11-2-1-7-19-11/h1-7,16H,8H2. The molecule has 0 fully saturated rings. The smallest absolute Gasteiger partial charge is 0.206 e. The Kier molecular flexibility index (Phi) is 4.17. The van der Waals surface area contributed by atoms with Crippen molar-refractivity contribution in [2.24, 2.45) is 0 Å². The first-order valence-corrected chi connectivity index (χ1v) is 7.84. The van der Waals surface area contributed by atoms with Crippen LogP contribution in [-0.2, 0) is 22.7 Å². The van der Waals surface area contributed by atoms with E-state index in [4.69, 9.17) is 0 Å². The maximum Gasteiger partial charge on any atom is 0.416 e. The highest BCUT2D eigenvalue weighted by atomic mass is 32.2. The number of thiophene rings is 1. The van der Waals surface area contributed by atoms with Gasteiger partial charge in [-0.15, -0.1) is 11.3 Å². The maximum atomic E-state index is 12.4. The summed E-state index contributed by atoms with van der Waals surface area (Å²) in [6.07, 6.45) is -4.39. The largest absolute Gasteiger partial charge is 0.416 e. The number of benzene rings is 1. The third-order valence-electron chi connectivity index (χ3n) is 2.51. The Morgan fingerprint density at radius 1 is 1.10 bits per heavy atom. The molecule has 3 nitrogen and oxygen atoms in total. The van der Waals surface area contributed by atoms with E-state index in [2.05, 4.69) is 4.72 Å². The van der Waals surface area contributed by atoms with E-state index in [0.717, 1.165) is 23.5 Å². The van der Waals surface area contributed by atoms with E-state index in [9.17, 15) is 21.6 Å². The molecule has 0 aliphatic heterocycles. The van der Waals surface area contributed by atoms with E-state index in [1.807, 2.05) is 0 Å². The van der Waals surface area contributed by atoms with E-state index in [0.29, 0.717) is 5.56 Å². The Bertz CT molecular complexity index is 662. The van der Waals surface area contributed by atoms with Crippen LogP contribution in [0.3, 0.4) is 0 Å². The molecule has 0 unspecified atom stereocenters. The van der Waals surface area contributed by atoms with Crippen LogP contribution in [0.2, 0.25) is 0 Å². The minimum Gasteiger partial charge on any atom is -0.206 e. The van der Waals surface area contributed by atoms with E-state index in [1.165, 1.54) is 18.2 Å². The summed E-state index contributed by atoms with van der Waals surface area (Å²) in [5.41, 5.74) is -0.305. The van der Waals surface area contributed by atoms with Gasteiger partial charge in [-0.05, 0) is 29.1 Å². The van der Waals surface area contributed by atoms with Gasteiger partial charge in [0.2, 0.25) is 10.0 Å². The van der Waals surface area contributed by atoms with Crippen molar-refractivity contribution in [3.8, 4) is 0 Å². The van der Waals surface area contributed by atoms with Crippen molar-refractivity contribution >= 4 is 21.4 Å². The minimum atomic E-state index is -4.39. The zero-order valence-corrected chi connectivity index (χ0v) is 11.6. The van der Waals surface area contributed by atoms with Crippen molar-refractivity contribution in [3.63, 3.8) is 0 Å². The molecule has 1 aromatic heterocycles. The molecule has 0 amide bonds. The molecule has 0 atom stereocenters. The minimum absolute atomic E-state index is 0.0572. The first-order valence-electron chi connectivity index (χ1n) is 5.48. The second kappa shape index (κ2) is 5.55. The Balaban J connectivity index is 2.05. The van der Waals surface area contributed by atoms with Crippen LogP contribution in [0.4, 0.5) is 13.2 Å². The normalized spacial score (nSPS) is 12.6. The average molecular weight is 321 g/mol. The average Bonchev–Trinajstić information content (AvgIpc) is 2.90. The fraction of sp³-hybridized carbons (Fsp3) is 0.167. The summed E-state index contributed by atoms with van der Waals surface area (Å²) < 4.78 is 63.2. The molecule has 20 heavy (non-hydrogen) atoms. The first kappa shape index (κ1) is 15.0. The lowest BCUT2D eigenvalue weighted by Crippen LogP contribution is -2.22. The van der Waals surface area contributed by atoms with Gasteiger partial charge in [0.15, 0.2) is 0 Å². The van der Waals surface area contributed by atoms with Crippen LogP contribution in [0.15, 0.2) is 46.0 Å². The Hall–Kier alpha value is -1.38. The topological polar surface area (TPSA) is 46.2 Å². The second-order valence-electron chi connectivity index (χ2n) is 3.95. The van der Waals surface area contributed by atoms with Crippen LogP contribution < -0.4 is 4.72 Å². The zero-order valence-electron chi connectivity index (χ0n) is 10.0. The molecule has 0 saturated heterocycles. The third-order valence-corrected chi connectivity index (χ3v) is 5.31. The number of hydrogen-bond acceptors (Lipinski definition) is 3. The van der Waals surface area contributed by atoms with Crippen LogP contribution in [0.25, 0.3) is 0 Å². The summed E-state index contributed by atoms with van der Waals surface area (Å²) in [6.45, 7) is -0.0572. The summed E-state index contributed by atoms with van der Waals surface area (Å²) >= 11 is 1.07. The molecule has 1 aromatic carbocycles. The Morgan fingerprint density at radius 2 is 1.75 bits per heavy atom. The van der Waals surface area contributed by atoms with Crippen molar-refractivity contribution in [2.75, 3.05) is 0 Å². The van der Waals surface area contributed by atoms with Gasteiger partial charge in [-0.25, -0.2) is 13.1 Å². The maximum absolute atomic E-state index is 12.4. The molecular weight excluding hydrogens is 311 g/mol. The molecule has 0 bridgehead atoms. The van der Waals surface area contributed by atoms with E-state index in [-0.39, 0.29) is 10.8 Å². The summed E-state index contributed by atoms with van der Waals surface area (Å²) in [5, 5.41) is 1.63. The molecule has 0 spiro atoms. The van der Waals surface area contributed by atoms with Gasteiger partial charge < -0.3 is 0 Å². The van der Waals surface area contributed by atoms with Crippen molar-refractivity contribution in [1.29, 1.82) is 0 Å². The Labute approximate surface area is 118 Å². The fourth-order valence-corrected chi connectivity index (χ4v) is 3.53. The first-order chi connectivity index (χ1) is 9.29. The molecular formula is C12H10F3NO2S2. The van der Waals surface area contributed by atoms with E-state index in [1.54, 1.807) is 11.4 Å². The van der Waals surface area contributed by atoms with Gasteiger partial charge >= 0.3 is 6.18 Å². The lowest BCUT2D eigenvalue weighted by atomic mass is 10.1. The number of hydrogen-bond donors (Lipinski definition) is 1. The van der Waals surface area contributed by atoms with Gasteiger partial charge in [-0.3, -0.25) is 0 Å². The lowest BCUT2D eigenvalue weighted by Gasteiger charge is -2.08. The SMILES string of the molecule is O=S(=O)(NCc1ccc(C(F)(F)F)cc1)c1cccs1. The quantitative estimate of drug-likeness (QED) is 0.939. The van der Waals surface area contributed by atoms with Gasteiger partial charge in [-0.1, -0.05) is 18.2 Å². The predicted molar refractivity (Wildman–Crippen MR) is 69.8 cm³/mol. The van der Waals surface area contributed by atoms with Gasteiger partial charge in [0, 0.05) is 6.54 Å². The van der Waals surface area contributed by atoms with Crippen LogP contribution >= 0.6 is 11.3 Å². The van der Waals surface area contributed by atoms with E-state index < -0.39 is 21.8 Å². The number of rotatable bonds is 4. The summed E-state index contributed by atoms with van der Waals surface area (Å²) in [7, 11) is -3.61. The van der Waals surface area contributed by atoms with E-state index >= 15 is 0 Å². The van der Waals surface area contributed by atoms with Crippen LogP contribution in [0.5, 0.6) is 0 Å². The molecule has 0 radical (unpaired) electrons. The molecule has 0 saturated carbocycles. The molecule has 1 N–H and O–H groups in total. The molecule has 2 rings (SSSR count). The second-order valence-corrected chi connectivity index (χ2v) is 6.89. The molecule has 0 aliphatic carbocycles. The van der Waals surface area contributed by atoms with Crippen molar-refractivity contribution in [2.45, 2.75) is 16.9 Å². The highest BCUT2D eigenvalue weighted by Crippen LogP contribution is 2.29. The van der Waals surface area contributed by atoms with Crippen LogP contribution in [0.1, 0.15) is 11.1 Å². The number of sulfonamides is 1. The summed E-state index contributed by atoms with van der Waals surface area (Å²) in [6, 6.07) is 7.42. The van der Waals surface area contributed by atoms with Crippen LogP contribution in [-0.4, -0.2) is 8.42 Å². The van der Waals surface area contributed by atoms with Gasteiger partial charge in [0.25, 0.3) is 0 Å². The lowest BCUT2D eigenvalue weighted by molar-refractivity contribution is -0.137. The molecule has 8 heteroatoms. The number of nitrogens with one attached hydrogen (secondary N) is 1. The molecule has 2 aromatic rings. The number of alkyl halides is 3. The van der Waals surface area contributed by atoms with Crippen LogP contribution in [0, 0.1) is 0 Å². The fourth-order valence-electron chi connectivity index (χ4n) is 1.48. The summed E-state index contributed by atoms with van der Waals surface area (Å²) in [4.78, 5) is 0. The third kappa shape index (κ3) is 3.59. The Morgan fingerprint density at radius 3 is 2.25 bits per heavy atom. The summed E-state index contributed by atoms with van der Waals surface area (Å²) in [5.74, 6) is 0. The number of halogens is 3. The van der Waals surface area contributed by atoms with Gasteiger partial charge in [-0.2, -0.15) is 13.2 Å². The highest BCUT2D eigenvalue weighted by Gasteiger charge is 2.29. The van der Waals surface area contributed by atoms with Crippen molar-refractivity contribution in [3.05, 3.63) is 52.9 Å².